The van der Waals surface area contributed by atoms with Crippen molar-refractivity contribution in [1.29, 1.82) is 0 Å². The third kappa shape index (κ3) is 4.11. The molecule has 0 atom stereocenters. The highest BCUT2D eigenvalue weighted by Gasteiger charge is 2.20. The largest absolute Gasteiger partial charge is 0.265 e. The Labute approximate surface area is 166 Å². The molecule has 0 saturated carbocycles. The van der Waals surface area contributed by atoms with Crippen molar-refractivity contribution in [3.05, 3.63) is 74.8 Å². The molecule has 136 valence electrons. The summed E-state index contributed by atoms with van der Waals surface area (Å²) in [6.07, 6.45) is 1.71. The molecule has 8 heteroatoms. The van der Waals surface area contributed by atoms with Crippen molar-refractivity contribution in [3.8, 4) is 0 Å². The number of rotatable bonds is 5. The van der Waals surface area contributed by atoms with E-state index < -0.39 is 10.0 Å². The Morgan fingerprint density at radius 2 is 1.92 bits per heavy atom. The summed E-state index contributed by atoms with van der Waals surface area (Å²) >= 11 is 9.54. The Hall–Kier alpha value is -1.83. The zero-order valence-corrected chi connectivity index (χ0v) is 17.4. The molecule has 1 heterocycles. The lowest BCUT2D eigenvalue weighted by atomic mass is 10.2. The number of hydrogen-bond acceptors (Lipinski definition) is 3. The number of nitrogens with zero attached hydrogens (tertiary/aromatic N) is 2. The highest BCUT2D eigenvalue weighted by Crippen LogP contribution is 2.26. The normalized spacial score (nSPS) is 11.5. The van der Waals surface area contributed by atoms with Gasteiger partial charge < -0.3 is 0 Å². The molecule has 0 radical (unpaired) electrons. The fourth-order valence-corrected chi connectivity index (χ4v) is 4.62. The van der Waals surface area contributed by atoms with Gasteiger partial charge in [0.1, 0.15) is 0 Å². The van der Waals surface area contributed by atoms with E-state index in [1.807, 2.05) is 31.2 Å². The second-order valence-corrected chi connectivity index (χ2v) is 8.90. The molecule has 3 aromatic rings. The first-order chi connectivity index (χ1) is 12.3. The Kier molecular flexibility index (Phi) is 5.41. The van der Waals surface area contributed by atoms with Crippen molar-refractivity contribution < 1.29 is 8.42 Å². The minimum Gasteiger partial charge on any atom is -0.265 e. The second-order valence-electron chi connectivity index (χ2n) is 5.99. The predicted molar refractivity (Wildman–Crippen MR) is 107 cm³/mol. The summed E-state index contributed by atoms with van der Waals surface area (Å²) < 4.78 is 30.2. The van der Waals surface area contributed by atoms with Crippen LogP contribution < -0.4 is 4.72 Å². The molecular formula is C18H17BrClN3O2S. The number of nitrogens with one attached hydrogen (secondary N) is 1. The van der Waals surface area contributed by atoms with Gasteiger partial charge in [0.25, 0.3) is 10.0 Å². The number of anilines is 1. The minimum absolute atomic E-state index is 0.234. The summed E-state index contributed by atoms with van der Waals surface area (Å²) in [4.78, 5) is 0.241. The standard InChI is InChI=1S/C18H17BrClN3O2S/c1-12-7-8-13(2)17(9-12)26(24,25)22-18-15(19)11-23(21-18)10-14-5-3-4-6-16(14)20/h3-9,11H,10H2,1-2H3,(H,21,22). The predicted octanol–water partition coefficient (Wildman–Crippen LogP) is 4.76. The Morgan fingerprint density at radius 1 is 1.19 bits per heavy atom. The fourth-order valence-electron chi connectivity index (χ4n) is 2.53. The molecule has 0 aliphatic carbocycles. The summed E-state index contributed by atoms with van der Waals surface area (Å²) in [5, 5.41) is 4.97. The van der Waals surface area contributed by atoms with Gasteiger partial charge in [-0.3, -0.25) is 9.40 Å². The molecule has 5 nitrogen and oxygen atoms in total. The molecule has 0 aliphatic rings. The zero-order chi connectivity index (χ0) is 18.9. The van der Waals surface area contributed by atoms with Crippen LogP contribution in [0.1, 0.15) is 16.7 Å². The summed E-state index contributed by atoms with van der Waals surface area (Å²) in [7, 11) is -3.74. The maximum absolute atomic E-state index is 12.7. The number of aromatic nitrogens is 2. The third-order valence-electron chi connectivity index (χ3n) is 3.87. The van der Waals surface area contributed by atoms with E-state index >= 15 is 0 Å². The molecule has 2 aromatic carbocycles. The van der Waals surface area contributed by atoms with E-state index in [0.717, 1.165) is 11.1 Å². The van der Waals surface area contributed by atoms with Crippen LogP contribution in [-0.2, 0) is 16.6 Å². The van der Waals surface area contributed by atoms with Crippen LogP contribution >= 0.6 is 27.5 Å². The smallest absolute Gasteiger partial charge is 0.263 e. The van der Waals surface area contributed by atoms with Crippen molar-refractivity contribution >= 4 is 43.4 Å². The average molecular weight is 455 g/mol. The van der Waals surface area contributed by atoms with Crippen molar-refractivity contribution in [1.82, 2.24) is 9.78 Å². The summed E-state index contributed by atoms with van der Waals surface area (Å²) in [5.74, 6) is 0.234. The molecule has 0 aliphatic heterocycles. The molecule has 1 aromatic heterocycles. The number of hydrogen-bond donors (Lipinski definition) is 1. The molecule has 0 bridgehead atoms. The van der Waals surface area contributed by atoms with E-state index in [4.69, 9.17) is 11.6 Å². The lowest BCUT2D eigenvalue weighted by molar-refractivity contribution is 0.600. The van der Waals surface area contributed by atoms with E-state index in [1.165, 1.54) is 0 Å². The Morgan fingerprint density at radius 3 is 2.65 bits per heavy atom. The van der Waals surface area contributed by atoms with E-state index in [0.29, 0.717) is 21.6 Å². The van der Waals surface area contributed by atoms with Gasteiger partial charge in [0.2, 0.25) is 0 Å². The van der Waals surface area contributed by atoms with E-state index in [2.05, 4.69) is 25.8 Å². The SMILES string of the molecule is Cc1ccc(C)c(S(=O)(=O)Nc2nn(Cc3ccccc3Cl)cc2Br)c1. The maximum atomic E-state index is 12.7. The molecule has 26 heavy (non-hydrogen) atoms. The maximum Gasteiger partial charge on any atom is 0.263 e. The zero-order valence-electron chi connectivity index (χ0n) is 14.2. The van der Waals surface area contributed by atoms with Crippen LogP contribution in [-0.4, -0.2) is 18.2 Å². The summed E-state index contributed by atoms with van der Waals surface area (Å²) in [5.41, 5.74) is 2.45. The molecule has 3 rings (SSSR count). The van der Waals surface area contributed by atoms with Gasteiger partial charge in [-0.1, -0.05) is 41.9 Å². The lowest BCUT2D eigenvalue weighted by Gasteiger charge is -2.10. The number of benzene rings is 2. The summed E-state index contributed by atoms with van der Waals surface area (Å²) in [6, 6.07) is 12.8. The average Bonchev–Trinajstić information content (AvgIpc) is 2.90. The molecule has 0 spiro atoms. The van der Waals surface area contributed by atoms with Crippen LogP contribution in [0.2, 0.25) is 5.02 Å². The monoisotopic (exact) mass is 453 g/mol. The van der Waals surface area contributed by atoms with Gasteiger partial charge in [0.15, 0.2) is 5.82 Å². The second kappa shape index (κ2) is 7.42. The van der Waals surface area contributed by atoms with Crippen LogP contribution in [0.3, 0.4) is 0 Å². The van der Waals surface area contributed by atoms with E-state index in [9.17, 15) is 8.42 Å². The van der Waals surface area contributed by atoms with Crippen LogP contribution in [0.4, 0.5) is 5.82 Å². The molecular weight excluding hydrogens is 438 g/mol. The van der Waals surface area contributed by atoms with Gasteiger partial charge in [-0.2, -0.15) is 5.10 Å². The fraction of sp³-hybridized carbons (Fsp3) is 0.167. The van der Waals surface area contributed by atoms with Gasteiger partial charge in [-0.05, 0) is 58.6 Å². The van der Waals surface area contributed by atoms with Crippen molar-refractivity contribution in [2.45, 2.75) is 25.3 Å². The quantitative estimate of drug-likeness (QED) is 0.604. The highest BCUT2D eigenvalue weighted by molar-refractivity contribution is 9.10. The molecule has 0 saturated heterocycles. The van der Waals surface area contributed by atoms with Gasteiger partial charge in [0.05, 0.1) is 15.9 Å². The van der Waals surface area contributed by atoms with Gasteiger partial charge in [-0.25, -0.2) is 8.42 Å². The van der Waals surface area contributed by atoms with E-state index in [-0.39, 0.29) is 10.7 Å². The van der Waals surface area contributed by atoms with Crippen molar-refractivity contribution in [3.63, 3.8) is 0 Å². The lowest BCUT2D eigenvalue weighted by Crippen LogP contribution is -2.15. The third-order valence-corrected chi connectivity index (χ3v) is 6.30. The van der Waals surface area contributed by atoms with E-state index in [1.54, 1.807) is 36.0 Å². The summed E-state index contributed by atoms with van der Waals surface area (Å²) in [6.45, 7) is 4.05. The van der Waals surface area contributed by atoms with Crippen LogP contribution in [0.25, 0.3) is 0 Å². The molecule has 0 unspecified atom stereocenters. The molecule has 1 N–H and O–H groups in total. The van der Waals surface area contributed by atoms with Crippen LogP contribution in [0.15, 0.2) is 58.0 Å². The van der Waals surface area contributed by atoms with Crippen molar-refractivity contribution in [2.75, 3.05) is 4.72 Å². The number of aryl methyl sites for hydroxylation is 2. The highest BCUT2D eigenvalue weighted by atomic mass is 79.9. The Balaban J connectivity index is 1.88. The van der Waals surface area contributed by atoms with Crippen molar-refractivity contribution in [2.24, 2.45) is 0 Å². The van der Waals surface area contributed by atoms with Gasteiger partial charge >= 0.3 is 0 Å². The number of halogens is 2. The van der Waals surface area contributed by atoms with Crippen LogP contribution in [0, 0.1) is 13.8 Å². The first-order valence-corrected chi connectivity index (χ1v) is 10.5. The van der Waals surface area contributed by atoms with Crippen LogP contribution in [0.5, 0.6) is 0 Å². The molecule has 0 fully saturated rings. The van der Waals surface area contributed by atoms with Gasteiger partial charge in [0, 0.05) is 11.2 Å². The molecule has 0 amide bonds. The topological polar surface area (TPSA) is 64.0 Å². The van der Waals surface area contributed by atoms with Gasteiger partial charge in [-0.15, -0.1) is 0 Å². The Bertz CT molecular complexity index is 1060. The first kappa shape index (κ1) is 18.9. The first-order valence-electron chi connectivity index (χ1n) is 7.83. The number of sulfonamides is 1. The minimum atomic E-state index is -3.74.